The van der Waals surface area contributed by atoms with Crippen LogP contribution in [0, 0.1) is 12.8 Å². The zero-order valence-corrected chi connectivity index (χ0v) is 13.0. The minimum absolute atomic E-state index is 0.0586. The predicted octanol–water partition coefficient (Wildman–Crippen LogP) is 3.08. The van der Waals surface area contributed by atoms with Crippen molar-refractivity contribution in [2.45, 2.75) is 26.4 Å². The molecule has 3 N–H and O–H groups in total. The third kappa shape index (κ3) is 7.73. The molecule has 1 aromatic carbocycles. The van der Waals surface area contributed by atoms with Gasteiger partial charge in [0, 0.05) is 18.8 Å². The lowest BCUT2D eigenvalue weighted by Crippen LogP contribution is -2.32. The number of carbonyl (C=O) groups excluding carboxylic acids is 1. The number of aryl methyl sites for hydroxylation is 1. The number of ether oxygens (including phenoxy) is 1. The van der Waals surface area contributed by atoms with E-state index in [0.717, 1.165) is 0 Å². The van der Waals surface area contributed by atoms with Crippen LogP contribution in [0.3, 0.4) is 0 Å². The van der Waals surface area contributed by atoms with Crippen molar-refractivity contribution in [3.8, 4) is 5.75 Å². The molecule has 0 aliphatic heterocycles. The maximum absolute atomic E-state index is 12.1. The van der Waals surface area contributed by atoms with Gasteiger partial charge in [-0.25, -0.2) is 4.79 Å². The minimum Gasteiger partial charge on any atom is -0.484 e. The number of halogens is 3. The number of amides is 2. The van der Waals surface area contributed by atoms with Gasteiger partial charge in [0.2, 0.25) is 0 Å². The highest BCUT2D eigenvalue weighted by molar-refractivity contribution is 5.89. The molecule has 5 nitrogen and oxygen atoms in total. The van der Waals surface area contributed by atoms with Crippen LogP contribution in [0.25, 0.3) is 0 Å². The monoisotopic (exact) mass is 334 g/mol. The maximum atomic E-state index is 12.1. The number of aliphatic hydroxyl groups is 1. The van der Waals surface area contributed by atoms with E-state index in [1.165, 1.54) is 18.2 Å². The number of benzene rings is 1. The first-order valence-corrected chi connectivity index (χ1v) is 7.17. The fourth-order valence-corrected chi connectivity index (χ4v) is 1.81. The largest absolute Gasteiger partial charge is 0.484 e. The van der Waals surface area contributed by atoms with Crippen LogP contribution in [0.4, 0.5) is 23.7 Å². The van der Waals surface area contributed by atoms with E-state index in [9.17, 15) is 18.0 Å². The Morgan fingerprint density at radius 2 is 2.09 bits per heavy atom. The number of aliphatic hydroxyl groups excluding tert-OH is 1. The van der Waals surface area contributed by atoms with Crippen LogP contribution in [-0.2, 0) is 0 Å². The first-order chi connectivity index (χ1) is 10.7. The van der Waals surface area contributed by atoms with Crippen molar-refractivity contribution in [1.29, 1.82) is 0 Å². The second-order valence-electron chi connectivity index (χ2n) is 5.34. The first kappa shape index (κ1) is 19.1. The molecule has 1 aromatic rings. The lowest BCUT2D eigenvalue weighted by Gasteiger charge is -2.14. The lowest BCUT2D eigenvalue weighted by molar-refractivity contribution is -0.153. The Balaban J connectivity index is 2.52. The third-order valence-electron chi connectivity index (χ3n) is 3.06. The summed E-state index contributed by atoms with van der Waals surface area (Å²) in [6.07, 6.45) is -3.81. The molecule has 130 valence electrons. The van der Waals surface area contributed by atoms with E-state index in [1.54, 1.807) is 6.92 Å². The topological polar surface area (TPSA) is 70.6 Å². The Hall–Kier alpha value is -1.96. The van der Waals surface area contributed by atoms with Crippen LogP contribution in [0.1, 0.15) is 18.9 Å². The highest BCUT2D eigenvalue weighted by Crippen LogP contribution is 2.24. The molecule has 0 heterocycles. The van der Waals surface area contributed by atoms with E-state index in [-0.39, 0.29) is 18.3 Å². The Morgan fingerprint density at radius 1 is 1.39 bits per heavy atom. The fourth-order valence-electron chi connectivity index (χ4n) is 1.81. The van der Waals surface area contributed by atoms with Crippen LogP contribution >= 0.6 is 0 Å². The highest BCUT2D eigenvalue weighted by Gasteiger charge is 2.28. The van der Waals surface area contributed by atoms with Crippen molar-refractivity contribution in [3.63, 3.8) is 0 Å². The quantitative estimate of drug-likeness (QED) is 0.718. The van der Waals surface area contributed by atoms with Crippen LogP contribution in [0.2, 0.25) is 0 Å². The van der Waals surface area contributed by atoms with E-state index in [2.05, 4.69) is 10.6 Å². The molecule has 0 aliphatic rings. The number of rotatable bonds is 7. The molecule has 0 saturated carbocycles. The van der Waals surface area contributed by atoms with Gasteiger partial charge in [-0.05, 0) is 43.0 Å². The first-order valence-electron chi connectivity index (χ1n) is 7.17. The van der Waals surface area contributed by atoms with Gasteiger partial charge in [-0.2, -0.15) is 13.2 Å². The third-order valence-corrected chi connectivity index (χ3v) is 3.06. The Kier molecular flexibility index (Phi) is 7.15. The molecule has 0 aliphatic carbocycles. The SMILES string of the molecule is Cc1cc(NC(=O)NCC(C)CCO)ccc1OCC(F)(F)F. The molecule has 0 fully saturated rings. The van der Waals surface area contributed by atoms with Crippen molar-refractivity contribution in [2.75, 3.05) is 25.1 Å². The number of nitrogens with one attached hydrogen (secondary N) is 2. The van der Waals surface area contributed by atoms with E-state index >= 15 is 0 Å². The predicted molar refractivity (Wildman–Crippen MR) is 80.6 cm³/mol. The second kappa shape index (κ2) is 8.61. The minimum atomic E-state index is -4.39. The molecule has 0 saturated heterocycles. The average molecular weight is 334 g/mol. The molecule has 23 heavy (non-hydrogen) atoms. The number of hydrogen-bond acceptors (Lipinski definition) is 3. The zero-order chi connectivity index (χ0) is 17.5. The molecule has 1 unspecified atom stereocenters. The summed E-state index contributed by atoms with van der Waals surface area (Å²) in [5.41, 5.74) is 0.940. The van der Waals surface area contributed by atoms with Crippen molar-refractivity contribution >= 4 is 11.7 Å². The van der Waals surface area contributed by atoms with Gasteiger partial charge in [-0.3, -0.25) is 0 Å². The van der Waals surface area contributed by atoms with E-state index < -0.39 is 18.8 Å². The molecule has 0 spiro atoms. The number of anilines is 1. The van der Waals surface area contributed by atoms with Crippen molar-refractivity contribution in [1.82, 2.24) is 5.32 Å². The number of hydrogen-bond donors (Lipinski definition) is 3. The summed E-state index contributed by atoms with van der Waals surface area (Å²) < 4.78 is 41.1. The molecular weight excluding hydrogens is 313 g/mol. The van der Waals surface area contributed by atoms with Gasteiger partial charge in [0.15, 0.2) is 6.61 Å². The molecular formula is C15H21F3N2O3. The molecule has 8 heteroatoms. The summed E-state index contributed by atoms with van der Waals surface area (Å²) >= 11 is 0. The summed E-state index contributed by atoms with van der Waals surface area (Å²) in [6.45, 7) is 2.61. The zero-order valence-electron chi connectivity index (χ0n) is 13.0. The molecule has 0 aromatic heterocycles. The van der Waals surface area contributed by atoms with Gasteiger partial charge < -0.3 is 20.5 Å². The fraction of sp³-hybridized carbons (Fsp3) is 0.533. The van der Waals surface area contributed by atoms with Crippen LogP contribution in [0.5, 0.6) is 5.75 Å². The van der Waals surface area contributed by atoms with Gasteiger partial charge in [-0.15, -0.1) is 0 Å². The number of urea groups is 1. The van der Waals surface area contributed by atoms with Crippen molar-refractivity contribution < 1.29 is 27.8 Å². The maximum Gasteiger partial charge on any atom is 0.422 e. The van der Waals surface area contributed by atoms with E-state index in [4.69, 9.17) is 9.84 Å². The molecule has 2 amide bonds. The standard InChI is InChI=1S/C15H21F3N2O3/c1-10(5-6-21)8-19-14(22)20-12-3-4-13(11(2)7-12)23-9-15(16,17)18/h3-4,7,10,21H,5-6,8-9H2,1-2H3,(H2,19,20,22). The number of alkyl halides is 3. The summed E-state index contributed by atoms with van der Waals surface area (Å²) in [4.78, 5) is 11.7. The smallest absolute Gasteiger partial charge is 0.422 e. The molecule has 1 rings (SSSR count). The van der Waals surface area contributed by atoms with Crippen LogP contribution in [0.15, 0.2) is 18.2 Å². The highest BCUT2D eigenvalue weighted by atomic mass is 19.4. The normalized spacial score (nSPS) is 12.6. The molecule has 0 radical (unpaired) electrons. The Bertz CT molecular complexity index is 521. The average Bonchev–Trinajstić information content (AvgIpc) is 2.43. The molecule has 1 atom stereocenters. The van der Waals surface area contributed by atoms with Gasteiger partial charge in [-0.1, -0.05) is 6.92 Å². The van der Waals surface area contributed by atoms with Crippen molar-refractivity contribution in [3.05, 3.63) is 23.8 Å². The number of carbonyl (C=O) groups is 1. The van der Waals surface area contributed by atoms with Gasteiger partial charge in [0.05, 0.1) is 0 Å². The summed E-state index contributed by atoms with van der Waals surface area (Å²) in [5.74, 6) is 0.260. The summed E-state index contributed by atoms with van der Waals surface area (Å²) in [7, 11) is 0. The molecule has 0 bridgehead atoms. The summed E-state index contributed by atoms with van der Waals surface area (Å²) in [5, 5.41) is 14.0. The lowest BCUT2D eigenvalue weighted by atomic mass is 10.1. The van der Waals surface area contributed by atoms with Crippen LogP contribution in [-0.4, -0.2) is 37.1 Å². The van der Waals surface area contributed by atoms with E-state index in [0.29, 0.717) is 24.2 Å². The van der Waals surface area contributed by atoms with Gasteiger partial charge >= 0.3 is 12.2 Å². The second-order valence-corrected chi connectivity index (χ2v) is 5.34. The Morgan fingerprint density at radius 3 is 2.65 bits per heavy atom. The summed E-state index contributed by atoms with van der Waals surface area (Å²) in [6, 6.07) is 3.96. The van der Waals surface area contributed by atoms with E-state index in [1.807, 2.05) is 6.92 Å². The van der Waals surface area contributed by atoms with Crippen LogP contribution < -0.4 is 15.4 Å². The van der Waals surface area contributed by atoms with Gasteiger partial charge in [0.25, 0.3) is 0 Å². The van der Waals surface area contributed by atoms with Gasteiger partial charge in [0.1, 0.15) is 5.75 Å². The van der Waals surface area contributed by atoms with Crippen molar-refractivity contribution in [2.24, 2.45) is 5.92 Å². The Labute approximate surface area is 132 Å².